The summed E-state index contributed by atoms with van der Waals surface area (Å²) in [4.78, 5) is 2.30. The van der Waals surface area contributed by atoms with Crippen molar-refractivity contribution in [2.45, 2.75) is 33.4 Å². The van der Waals surface area contributed by atoms with E-state index in [-0.39, 0.29) is 0 Å². The van der Waals surface area contributed by atoms with E-state index < -0.39 is 0 Å². The molecule has 1 aromatic carbocycles. The molecule has 2 heteroatoms. The Hall–Kier alpha value is -0.860. The molecule has 0 fully saturated rings. The molecular formula is C13H22N2. The van der Waals surface area contributed by atoms with Crippen molar-refractivity contribution in [3.05, 3.63) is 34.9 Å². The summed E-state index contributed by atoms with van der Waals surface area (Å²) in [6.07, 6.45) is 0. The maximum atomic E-state index is 5.66. The van der Waals surface area contributed by atoms with Gasteiger partial charge in [-0.25, -0.2) is 0 Å². The van der Waals surface area contributed by atoms with Crippen molar-refractivity contribution < 1.29 is 0 Å². The van der Waals surface area contributed by atoms with Gasteiger partial charge in [0.25, 0.3) is 0 Å². The fourth-order valence-corrected chi connectivity index (χ4v) is 1.68. The van der Waals surface area contributed by atoms with Gasteiger partial charge in [-0.1, -0.05) is 18.2 Å². The molecule has 1 aromatic rings. The molecule has 0 saturated heterocycles. The summed E-state index contributed by atoms with van der Waals surface area (Å²) in [5.41, 5.74) is 9.83. The fraction of sp³-hybridized carbons (Fsp3) is 0.538. The van der Waals surface area contributed by atoms with Crippen molar-refractivity contribution in [2.24, 2.45) is 5.73 Å². The first-order chi connectivity index (χ1) is 7.06. The quantitative estimate of drug-likeness (QED) is 0.817. The number of rotatable bonds is 4. The molecule has 0 heterocycles. The van der Waals surface area contributed by atoms with Crippen LogP contribution in [0.4, 0.5) is 0 Å². The third-order valence-electron chi connectivity index (χ3n) is 3.15. The lowest BCUT2D eigenvalue weighted by Gasteiger charge is -2.25. The van der Waals surface area contributed by atoms with Gasteiger partial charge in [0.2, 0.25) is 0 Å². The van der Waals surface area contributed by atoms with Crippen molar-refractivity contribution in [1.82, 2.24) is 4.90 Å². The Morgan fingerprint density at radius 1 is 1.27 bits per heavy atom. The van der Waals surface area contributed by atoms with Gasteiger partial charge in [0.1, 0.15) is 0 Å². The van der Waals surface area contributed by atoms with Crippen molar-refractivity contribution in [3.63, 3.8) is 0 Å². The van der Waals surface area contributed by atoms with E-state index in [4.69, 9.17) is 5.73 Å². The summed E-state index contributed by atoms with van der Waals surface area (Å²) in [5, 5.41) is 0. The van der Waals surface area contributed by atoms with Gasteiger partial charge in [-0.3, -0.25) is 4.90 Å². The summed E-state index contributed by atoms with van der Waals surface area (Å²) in [5.74, 6) is 0. The van der Waals surface area contributed by atoms with Gasteiger partial charge in [-0.15, -0.1) is 0 Å². The lowest BCUT2D eigenvalue weighted by atomic mass is 10.0. The third-order valence-corrected chi connectivity index (χ3v) is 3.15. The minimum atomic E-state index is 0.434. The van der Waals surface area contributed by atoms with E-state index in [1.54, 1.807) is 0 Å². The van der Waals surface area contributed by atoms with Crippen LogP contribution in [0, 0.1) is 13.8 Å². The van der Waals surface area contributed by atoms with Crippen LogP contribution < -0.4 is 5.73 Å². The van der Waals surface area contributed by atoms with Crippen molar-refractivity contribution in [3.8, 4) is 0 Å². The minimum Gasteiger partial charge on any atom is -0.329 e. The predicted octanol–water partition coefficient (Wildman–Crippen LogP) is 2.08. The molecule has 0 aliphatic rings. The van der Waals surface area contributed by atoms with E-state index >= 15 is 0 Å². The van der Waals surface area contributed by atoms with E-state index in [2.05, 4.69) is 50.9 Å². The van der Waals surface area contributed by atoms with Crippen LogP contribution in [0.2, 0.25) is 0 Å². The molecule has 2 N–H and O–H groups in total. The first kappa shape index (κ1) is 12.2. The highest BCUT2D eigenvalue weighted by atomic mass is 15.1. The summed E-state index contributed by atoms with van der Waals surface area (Å²) in [6.45, 7) is 8.19. The van der Waals surface area contributed by atoms with Crippen molar-refractivity contribution in [1.29, 1.82) is 0 Å². The first-order valence-corrected chi connectivity index (χ1v) is 5.51. The molecule has 2 nitrogen and oxygen atoms in total. The van der Waals surface area contributed by atoms with Gasteiger partial charge in [0.05, 0.1) is 0 Å². The van der Waals surface area contributed by atoms with Crippen LogP contribution in [0.1, 0.15) is 23.6 Å². The molecule has 1 rings (SSSR count). The Labute approximate surface area is 93.1 Å². The van der Waals surface area contributed by atoms with Gasteiger partial charge in [-0.2, -0.15) is 0 Å². The summed E-state index contributed by atoms with van der Waals surface area (Å²) in [6, 6.07) is 6.89. The van der Waals surface area contributed by atoms with E-state index in [1.165, 1.54) is 16.7 Å². The van der Waals surface area contributed by atoms with Crippen LogP contribution in [0.15, 0.2) is 18.2 Å². The SMILES string of the molecule is Cc1cccc(C)c1CN(C)C(C)CN. The Balaban J connectivity index is 2.80. The number of nitrogens with two attached hydrogens (primary N) is 1. The molecular weight excluding hydrogens is 184 g/mol. The van der Waals surface area contributed by atoms with E-state index in [9.17, 15) is 0 Å². The fourth-order valence-electron chi connectivity index (χ4n) is 1.68. The molecule has 0 radical (unpaired) electrons. The van der Waals surface area contributed by atoms with Crippen molar-refractivity contribution >= 4 is 0 Å². The van der Waals surface area contributed by atoms with Gasteiger partial charge in [-0.05, 0) is 44.5 Å². The van der Waals surface area contributed by atoms with Crippen LogP contribution in [-0.2, 0) is 6.54 Å². The molecule has 0 bridgehead atoms. The highest BCUT2D eigenvalue weighted by Crippen LogP contribution is 2.15. The number of aryl methyl sites for hydroxylation is 2. The standard InChI is InChI=1S/C13H22N2/c1-10-6-5-7-11(2)13(10)9-15(4)12(3)8-14/h5-7,12H,8-9,14H2,1-4H3. The van der Waals surface area contributed by atoms with E-state index in [0.29, 0.717) is 12.6 Å². The monoisotopic (exact) mass is 206 g/mol. The Bertz CT molecular complexity index is 300. The van der Waals surface area contributed by atoms with Crippen LogP contribution >= 0.6 is 0 Å². The number of likely N-dealkylation sites (N-methyl/N-ethyl adjacent to an activating group) is 1. The molecule has 1 atom stereocenters. The largest absolute Gasteiger partial charge is 0.329 e. The van der Waals surface area contributed by atoms with Gasteiger partial charge < -0.3 is 5.73 Å². The maximum absolute atomic E-state index is 5.66. The van der Waals surface area contributed by atoms with E-state index in [1.807, 2.05) is 0 Å². The average molecular weight is 206 g/mol. The Morgan fingerprint density at radius 3 is 2.27 bits per heavy atom. The van der Waals surface area contributed by atoms with Crippen molar-refractivity contribution in [2.75, 3.05) is 13.6 Å². The average Bonchev–Trinajstić information content (AvgIpc) is 2.22. The zero-order valence-corrected chi connectivity index (χ0v) is 10.2. The summed E-state index contributed by atoms with van der Waals surface area (Å²) >= 11 is 0. The number of hydrogen-bond donors (Lipinski definition) is 1. The topological polar surface area (TPSA) is 29.3 Å². The minimum absolute atomic E-state index is 0.434. The number of benzene rings is 1. The highest BCUT2D eigenvalue weighted by molar-refractivity contribution is 5.33. The van der Waals surface area contributed by atoms with Gasteiger partial charge >= 0.3 is 0 Å². The number of nitrogens with zero attached hydrogens (tertiary/aromatic N) is 1. The van der Waals surface area contributed by atoms with E-state index in [0.717, 1.165) is 6.54 Å². The zero-order chi connectivity index (χ0) is 11.4. The second-order valence-electron chi connectivity index (χ2n) is 4.37. The Morgan fingerprint density at radius 2 is 1.80 bits per heavy atom. The lowest BCUT2D eigenvalue weighted by Crippen LogP contribution is -2.35. The second-order valence-corrected chi connectivity index (χ2v) is 4.37. The number of hydrogen-bond acceptors (Lipinski definition) is 2. The van der Waals surface area contributed by atoms with Gasteiger partial charge in [0, 0.05) is 19.1 Å². The predicted molar refractivity (Wildman–Crippen MR) is 65.9 cm³/mol. The van der Waals surface area contributed by atoms with Crippen LogP contribution in [0.3, 0.4) is 0 Å². The smallest absolute Gasteiger partial charge is 0.0239 e. The van der Waals surface area contributed by atoms with Crippen LogP contribution in [0.5, 0.6) is 0 Å². The Kier molecular flexibility index (Phi) is 4.30. The molecule has 0 saturated carbocycles. The summed E-state index contributed by atoms with van der Waals surface area (Å²) < 4.78 is 0. The molecule has 0 amide bonds. The zero-order valence-electron chi connectivity index (χ0n) is 10.2. The second kappa shape index (κ2) is 5.29. The lowest BCUT2D eigenvalue weighted by molar-refractivity contribution is 0.254. The molecule has 0 spiro atoms. The summed E-state index contributed by atoms with van der Waals surface area (Å²) in [7, 11) is 2.13. The molecule has 0 aliphatic carbocycles. The normalized spacial score (nSPS) is 13.2. The molecule has 1 unspecified atom stereocenters. The molecule has 0 aliphatic heterocycles. The van der Waals surface area contributed by atoms with Gasteiger partial charge in [0.15, 0.2) is 0 Å². The highest BCUT2D eigenvalue weighted by Gasteiger charge is 2.10. The van der Waals surface area contributed by atoms with Crippen LogP contribution in [0.25, 0.3) is 0 Å². The molecule has 0 aromatic heterocycles. The molecule has 15 heavy (non-hydrogen) atoms. The first-order valence-electron chi connectivity index (χ1n) is 5.51. The van der Waals surface area contributed by atoms with Crippen LogP contribution in [-0.4, -0.2) is 24.5 Å². The molecule has 84 valence electrons. The maximum Gasteiger partial charge on any atom is 0.0239 e. The third kappa shape index (κ3) is 3.05.